The van der Waals surface area contributed by atoms with Gasteiger partial charge in [-0.25, -0.2) is 4.68 Å². The molecule has 0 unspecified atom stereocenters. The maximum absolute atomic E-state index is 5.94. The summed E-state index contributed by atoms with van der Waals surface area (Å²) in [6, 6.07) is 7.50. The lowest BCUT2D eigenvalue weighted by atomic mass is 9.90. The van der Waals surface area contributed by atoms with Crippen molar-refractivity contribution in [1.29, 1.82) is 0 Å². The summed E-state index contributed by atoms with van der Waals surface area (Å²) in [6.07, 6.45) is 3.76. The minimum Gasteiger partial charge on any atom is -0.220 e. The first kappa shape index (κ1) is 11.9. The summed E-state index contributed by atoms with van der Waals surface area (Å²) in [4.78, 5) is 0. The summed E-state index contributed by atoms with van der Waals surface area (Å²) >= 11 is 5.94. The zero-order valence-electron chi connectivity index (χ0n) is 9.89. The molecule has 0 atom stereocenters. The van der Waals surface area contributed by atoms with Crippen LogP contribution in [0.1, 0.15) is 19.5 Å². The number of nitrogens with zero attached hydrogens (tertiary/aromatic N) is 3. The zero-order chi connectivity index (χ0) is 12.5. The molecule has 4 heteroatoms. The maximum atomic E-state index is 5.94. The van der Waals surface area contributed by atoms with Crippen LogP contribution >= 0.6 is 11.6 Å². The normalized spacial score (nSPS) is 11.5. The van der Waals surface area contributed by atoms with Gasteiger partial charge in [-0.2, -0.15) is 0 Å². The number of allylic oxidation sites excluding steroid dienone is 1. The highest BCUT2D eigenvalue weighted by atomic mass is 35.5. The second-order valence-corrected chi connectivity index (χ2v) is 4.89. The maximum Gasteiger partial charge on any atom is 0.0925 e. The van der Waals surface area contributed by atoms with E-state index in [-0.39, 0.29) is 5.41 Å². The van der Waals surface area contributed by atoms with Crippen molar-refractivity contribution >= 4 is 11.6 Å². The first-order valence-corrected chi connectivity index (χ1v) is 5.73. The quantitative estimate of drug-likeness (QED) is 0.779. The molecule has 0 radical (unpaired) electrons. The fourth-order valence-electron chi connectivity index (χ4n) is 1.41. The lowest BCUT2D eigenvalue weighted by Gasteiger charge is -2.14. The Balaban J connectivity index is 2.40. The first-order valence-electron chi connectivity index (χ1n) is 5.35. The number of aromatic nitrogens is 3. The third-order valence-electron chi connectivity index (χ3n) is 2.74. The third-order valence-corrected chi connectivity index (χ3v) is 2.97. The summed E-state index contributed by atoms with van der Waals surface area (Å²) in [5.74, 6) is 0. The lowest BCUT2D eigenvalue weighted by Crippen LogP contribution is -2.13. The molecule has 0 bridgehead atoms. The highest BCUT2D eigenvalue weighted by molar-refractivity contribution is 6.30. The molecule has 0 aliphatic rings. The molecule has 0 saturated heterocycles. The molecular weight excluding hydrogens is 234 g/mol. The average molecular weight is 248 g/mol. The van der Waals surface area contributed by atoms with Gasteiger partial charge >= 0.3 is 0 Å². The van der Waals surface area contributed by atoms with E-state index in [4.69, 9.17) is 11.6 Å². The summed E-state index contributed by atoms with van der Waals surface area (Å²) in [5, 5.41) is 8.95. The van der Waals surface area contributed by atoms with E-state index in [1.165, 1.54) is 0 Å². The molecule has 0 aliphatic heterocycles. The lowest BCUT2D eigenvalue weighted by molar-refractivity contribution is 0.640. The van der Waals surface area contributed by atoms with Gasteiger partial charge in [-0.3, -0.25) is 0 Å². The van der Waals surface area contributed by atoms with Gasteiger partial charge in [0.2, 0.25) is 0 Å². The van der Waals surface area contributed by atoms with Crippen LogP contribution in [0.5, 0.6) is 0 Å². The van der Waals surface area contributed by atoms with Crippen LogP contribution in [0, 0.1) is 0 Å². The summed E-state index contributed by atoms with van der Waals surface area (Å²) in [5.41, 5.74) is 1.60. The van der Waals surface area contributed by atoms with Gasteiger partial charge in [-0.1, -0.05) is 42.8 Å². The molecule has 3 nitrogen and oxygen atoms in total. The third kappa shape index (κ3) is 2.39. The van der Waals surface area contributed by atoms with Crippen LogP contribution in [0.2, 0.25) is 5.02 Å². The minimum atomic E-state index is -0.184. The largest absolute Gasteiger partial charge is 0.220 e. The van der Waals surface area contributed by atoms with Crippen molar-refractivity contribution in [1.82, 2.24) is 15.0 Å². The fraction of sp³-hybridized carbons (Fsp3) is 0.231. The molecule has 0 fully saturated rings. The summed E-state index contributed by atoms with van der Waals surface area (Å²) in [7, 11) is 0. The van der Waals surface area contributed by atoms with Gasteiger partial charge in [0, 0.05) is 10.4 Å². The Bertz CT molecular complexity index is 543. The van der Waals surface area contributed by atoms with Crippen LogP contribution in [0.4, 0.5) is 0 Å². The van der Waals surface area contributed by atoms with Crippen LogP contribution < -0.4 is 0 Å². The number of hydrogen-bond acceptors (Lipinski definition) is 2. The van der Waals surface area contributed by atoms with Crippen LogP contribution in [-0.2, 0) is 5.41 Å². The van der Waals surface area contributed by atoms with Crippen molar-refractivity contribution in [2.45, 2.75) is 19.3 Å². The number of rotatable bonds is 3. The monoisotopic (exact) mass is 247 g/mol. The predicted molar refractivity (Wildman–Crippen MR) is 69.6 cm³/mol. The Hall–Kier alpha value is -1.61. The molecule has 1 aromatic carbocycles. The Morgan fingerprint density at radius 1 is 1.41 bits per heavy atom. The van der Waals surface area contributed by atoms with Gasteiger partial charge in [-0.15, -0.1) is 11.7 Å². The SMILES string of the molecule is C=CC(C)(C)c1cn(-c2cccc(Cl)c2)nn1. The van der Waals surface area contributed by atoms with E-state index in [0.29, 0.717) is 5.02 Å². The van der Waals surface area contributed by atoms with E-state index in [1.807, 2.05) is 50.4 Å². The summed E-state index contributed by atoms with van der Waals surface area (Å²) < 4.78 is 1.71. The van der Waals surface area contributed by atoms with E-state index in [0.717, 1.165) is 11.4 Å². The van der Waals surface area contributed by atoms with E-state index in [9.17, 15) is 0 Å². The molecule has 0 spiro atoms. The average Bonchev–Trinajstić information content (AvgIpc) is 2.79. The molecule has 0 aliphatic carbocycles. The Kier molecular flexibility index (Phi) is 3.03. The van der Waals surface area contributed by atoms with Crippen LogP contribution in [0.15, 0.2) is 43.1 Å². The van der Waals surface area contributed by atoms with E-state index in [1.54, 1.807) is 4.68 Å². The van der Waals surface area contributed by atoms with Crippen molar-refractivity contribution in [3.8, 4) is 5.69 Å². The Morgan fingerprint density at radius 2 is 2.18 bits per heavy atom. The molecule has 0 amide bonds. The van der Waals surface area contributed by atoms with Gasteiger partial charge in [0.05, 0.1) is 17.6 Å². The predicted octanol–water partition coefficient (Wildman–Crippen LogP) is 3.38. The molecule has 17 heavy (non-hydrogen) atoms. The molecule has 0 N–H and O–H groups in total. The van der Waals surface area contributed by atoms with E-state index < -0.39 is 0 Å². The van der Waals surface area contributed by atoms with Gasteiger partial charge in [0.1, 0.15) is 0 Å². The molecular formula is C13H14ClN3. The standard InChI is InChI=1S/C13H14ClN3/c1-4-13(2,3)12-9-17(16-15-12)11-7-5-6-10(14)8-11/h4-9H,1H2,2-3H3. The molecule has 2 rings (SSSR count). The molecule has 0 saturated carbocycles. The Morgan fingerprint density at radius 3 is 2.82 bits per heavy atom. The van der Waals surface area contributed by atoms with Gasteiger partial charge in [-0.05, 0) is 18.2 Å². The smallest absolute Gasteiger partial charge is 0.0925 e. The Labute approximate surface area is 106 Å². The van der Waals surface area contributed by atoms with Crippen molar-refractivity contribution in [2.75, 3.05) is 0 Å². The van der Waals surface area contributed by atoms with E-state index >= 15 is 0 Å². The van der Waals surface area contributed by atoms with E-state index in [2.05, 4.69) is 16.9 Å². The highest BCUT2D eigenvalue weighted by Gasteiger charge is 2.20. The zero-order valence-corrected chi connectivity index (χ0v) is 10.6. The van der Waals surface area contributed by atoms with Crippen molar-refractivity contribution in [3.63, 3.8) is 0 Å². The molecule has 2 aromatic rings. The summed E-state index contributed by atoms with van der Waals surface area (Å²) in [6.45, 7) is 7.90. The van der Waals surface area contributed by atoms with Crippen molar-refractivity contribution in [3.05, 3.63) is 53.8 Å². The highest BCUT2D eigenvalue weighted by Crippen LogP contribution is 2.22. The van der Waals surface area contributed by atoms with Crippen LogP contribution in [0.3, 0.4) is 0 Å². The van der Waals surface area contributed by atoms with Gasteiger partial charge in [0.15, 0.2) is 0 Å². The number of halogens is 1. The second-order valence-electron chi connectivity index (χ2n) is 4.45. The fourth-order valence-corrected chi connectivity index (χ4v) is 1.59. The number of hydrogen-bond donors (Lipinski definition) is 0. The number of benzene rings is 1. The molecule has 88 valence electrons. The van der Waals surface area contributed by atoms with Crippen molar-refractivity contribution in [2.24, 2.45) is 0 Å². The molecule has 1 aromatic heterocycles. The second kappa shape index (κ2) is 4.34. The molecule has 1 heterocycles. The van der Waals surface area contributed by atoms with Gasteiger partial charge < -0.3 is 0 Å². The van der Waals surface area contributed by atoms with Gasteiger partial charge in [0.25, 0.3) is 0 Å². The first-order chi connectivity index (χ1) is 8.03. The van der Waals surface area contributed by atoms with Crippen molar-refractivity contribution < 1.29 is 0 Å². The van der Waals surface area contributed by atoms with Crippen LogP contribution in [-0.4, -0.2) is 15.0 Å². The van der Waals surface area contributed by atoms with Crippen LogP contribution in [0.25, 0.3) is 5.69 Å². The minimum absolute atomic E-state index is 0.184. The topological polar surface area (TPSA) is 30.7 Å².